The molecule has 0 fully saturated rings. The minimum absolute atomic E-state index is 1.01. The first-order chi connectivity index (χ1) is 8.06. The minimum atomic E-state index is 1.01. The Morgan fingerprint density at radius 1 is 1.06 bits per heavy atom. The van der Waals surface area contributed by atoms with Crippen LogP contribution in [0.15, 0.2) is 44.9 Å². The van der Waals surface area contributed by atoms with Gasteiger partial charge >= 0.3 is 0 Å². The van der Waals surface area contributed by atoms with Gasteiger partial charge in [0.25, 0.3) is 0 Å². The van der Waals surface area contributed by atoms with Gasteiger partial charge in [0.1, 0.15) is 5.03 Å². The van der Waals surface area contributed by atoms with Crippen molar-refractivity contribution in [1.82, 2.24) is 4.98 Å². The average Bonchev–Trinajstić information content (AvgIpc) is 2.27. The Bertz CT molecular complexity index is 552. The zero-order valence-electron chi connectivity index (χ0n) is 10.1. The van der Waals surface area contributed by atoms with Gasteiger partial charge in [0.05, 0.1) is 4.47 Å². The molecule has 0 radical (unpaired) electrons. The Morgan fingerprint density at radius 3 is 2.47 bits per heavy atom. The van der Waals surface area contributed by atoms with Gasteiger partial charge in [-0.25, -0.2) is 4.98 Å². The fourth-order valence-electron chi connectivity index (χ4n) is 1.49. The van der Waals surface area contributed by atoms with E-state index in [-0.39, 0.29) is 0 Å². The van der Waals surface area contributed by atoms with Gasteiger partial charge in [0.15, 0.2) is 0 Å². The summed E-state index contributed by atoms with van der Waals surface area (Å²) in [7, 11) is 0. The fraction of sp³-hybridized carbons (Fsp3) is 0.214. The van der Waals surface area contributed by atoms with Crippen LogP contribution in [-0.4, -0.2) is 4.98 Å². The number of aryl methyl sites for hydroxylation is 3. The number of benzene rings is 1. The molecular weight excluding hydrogens is 294 g/mol. The molecule has 0 N–H and O–H groups in total. The van der Waals surface area contributed by atoms with Crippen molar-refractivity contribution in [1.29, 1.82) is 0 Å². The Labute approximate surface area is 115 Å². The number of pyridine rings is 1. The summed E-state index contributed by atoms with van der Waals surface area (Å²) in [5.74, 6) is 0. The van der Waals surface area contributed by atoms with Crippen LogP contribution in [0.1, 0.15) is 16.7 Å². The zero-order valence-corrected chi connectivity index (χ0v) is 12.5. The predicted octanol–water partition coefficient (Wildman–Crippen LogP) is 4.92. The van der Waals surface area contributed by atoms with Crippen LogP contribution in [-0.2, 0) is 0 Å². The lowest BCUT2D eigenvalue weighted by Gasteiger charge is -2.06. The van der Waals surface area contributed by atoms with Crippen LogP contribution in [0.2, 0.25) is 0 Å². The lowest BCUT2D eigenvalue weighted by Crippen LogP contribution is -1.85. The third kappa shape index (κ3) is 3.11. The third-order valence-electron chi connectivity index (χ3n) is 2.64. The van der Waals surface area contributed by atoms with E-state index in [1.54, 1.807) is 11.8 Å². The van der Waals surface area contributed by atoms with E-state index in [9.17, 15) is 0 Å². The highest BCUT2D eigenvalue weighted by Gasteiger charge is 2.05. The topological polar surface area (TPSA) is 12.9 Å². The summed E-state index contributed by atoms with van der Waals surface area (Å²) in [6, 6.07) is 8.59. The number of halogens is 1. The molecule has 0 amide bonds. The molecule has 3 heteroatoms. The van der Waals surface area contributed by atoms with E-state index < -0.39 is 0 Å². The van der Waals surface area contributed by atoms with Crippen LogP contribution in [0.4, 0.5) is 0 Å². The highest BCUT2D eigenvalue weighted by atomic mass is 79.9. The lowest BCUT2D eigenvalue weighted by atomic mass is 10.1. The molecular formula is C14H14BrNS. The smallest absolute Gasteiger partial charge is 0.115 e. The van der Waals surface area contributed by atoms with Crippen molar-refractivity contribution in [2.45, 2.75) is 30.7 Å². The van der Waals surface area contributed by atoms with Gasteiger partial charge in [-0.2, -0.15) is 0 Å². The number of hydrogen-bond donors (Lipinski definition) is 0. The second-order valence-electron chi connectivity index (χ2n) is 4.15. The largest absolute Gasteiger partial charge is 0.248 e. The van der Waals surface area contributed by atoms with Gasteiger partial charge < -0.3 is 0 Å². The van der Waals surface area contributed by atoms with E-state index in [4.69, 9.17) is 0 Å². The maximum atomic E-state index is 4.44. The van der Waals surface area contributed by atoms with E-state index in [0.717, 1.165) is 9.50 Å². The van der Waals surface area contributed by atoms with Crippen molar-refractivity contribution in [2.75, 3.05) is 0 Å². The maximum Gasteiger partial charge on any atom is 0.115 e. The molecule has 0 atom stereocenters. The second kappa shape index (κ2) is 5.23. The predicted molar refractivity (Wildman–Crippen MR) is 76.7 cm³/mol. The summed E-state index contributed by atoms with van der Waals surface area (Å²) in [6.45, 7) is 6.31. The molecule has 1 aromatic carbocycles. The van der Waals surface area contributed by atoms with E-state index >= 15 is 0 Å². The molecule has 0 unspecified atom stereocenters. The van der Waals surface area contributed by atoms with Gasteiger partial charge in [-0.15, -0.1) is 0 Å². The summed E-state index contributed by atoms with van der Waals surface area (Å²) < 4.78 is 1.06. The molecule has 1 aromatic heterocycles. The SMILES string of the molecule is Cc1cnc(Sc2ccc(C)c(C)c2)c(Br)c1. The van der Waals surface area contributed by atoms with E-state index in [0.29, 0.717) is 0 Å². The van der Waals surface area contributed by atoms with E-state index in [2.05, 4.69) is 59.0 Å². The van der Waals surface area contributed by atoms with E-state index in [1.807, 2.05) is 13.1 Å². The van der Waals surface area contributed by atoms with Gasteiger partial charge in [0.2, 0.25) is 0 Å². The van der Waals surface area contributed by atoms with Crippen molar-refractivity contribution in [3.63, 3.8) is 0 Å². The van der Waals surface area contributed by atoms with Crippen molar-refractivity contribution in [3.05, 3.63) is 51.6 Å². The second-order valence-corrected chi connectivity index (χ2v) is 6.06. The molecule has 2 aromatic rings. The highest BCUT2D eigenvalue weighted by Crippen LogP contribution is 2.32. The number of hydrogen-bond acceptors (Lipinski definition) is 2. The molecule has 0 aliphatic carbocycles. The van der Waals surface area contributed by atoms with Gasteiger partial charge in [-0.3, -0.25) is 0 Å². The minimum Gasteiger partial charge on any atom is -0.248 e. The lowest BCUT2D eigenvalue weighted by molar-refractivity contribution is 1.08. The number of rotatable bonds is 2. The monoisotopic (exact) mass is 307 g/mol. The number of nitrogens with zero attached hydrogens (tertiary/aromatic N) is 1. The van der Waals surface area contributed by atoms with Crippen LogP contribution in [0.3, 0.4) is 0 Å². The molecule has 0 aliphatic rings. The van der Waals surface area contributed by atoms with Crippen LogP contribution in [0, 0.1) is 20.8 Å². The first kappa shape index (κ1) is 12.7. The molecule has 17 heavy (non-hydrogen) atoms. The molecule has 88 valence electrons. The van der Waals surface area contributed by atoms with Crippen molar-refractivity contribution < 1.29 is 0 Å². The van der Waals surface area contributed by atoms with Crippen molar-refractivity contribution in [3.8, 4) is 0 Å². The van der Waals surface area contributed by atoms with Gasteiger partial charge in [-0.1, -0.05) is 17.8 Å². The molecule has 2 rings (SSSR count). The summed E-state index contributed by atoms with van der Waals surface area (Å²) in [6.07, 6.45) is 1.90. The summed E-state index contributed by atoms with van der Waals surface area (Å²) in [5, 5.41) is 1.01. The first-order valence-electron chi connectivity index (χ1n) is 5.43. The van der Waals surface area contributed by atoms with Gasteiger partial charge in [-0.05, 0) is 71.6 Å². The molecule has 0 saturated carbocycles. The normalized spacial score (nSPS) is 10.6. The zero-order chi connectivity index (χ0) is 12.4. The van der Waals surface area contributed by atoms with Crippen molar-refractivity contribution >= 4 is 27.7 Å². The van der Waals surface area contributed by atoms with E-state index in [1.165, 1.54) is 21.6 Å². The summed E-state index contributed by atoms with van der Waals surface area (Å²) >= 11 is 5.24. The van der Waals surface area contributed by atoms with Crippen molar-refractivity contribution in [2.24, 2.45) is 0 Å². The quantitative estimate of drug-likeness (QED) is 0.781. The third-order valence-corrected chi connectivity index (χ3v) is 4.51. The molecule has 0 saturated heterocycles. The molecule has 0 aliphatic heterocycles. The summed E-state index contributed by atoms with van der Waals surface area (Å²) in [5.41, 5.74) is 3.81. The molecule has 0 spiro atoms. The Hall–Kier alpha value is -0.800. The van der Waals surface area contributed by atoms with Crippen LogP contribution < -0.4 is 0 Å². The van der Waals surface area contributed by atoms with Gasteiger partial charge in [0, 0.05) is 11.1 Å². The van der Waals surface area contributed by atoms with Crippen LogP contribution in [0.25, 0.3) is 0 Å². The highest BCUT2D eigenvalue weighted by molar-refractivity contribution is 9.10. The Morgan fingerprint density at radius 2 is 1.82 bits per heavy atom. The Kier molecular flexibility index (Phi) is 3.89. The Balaban J connectivity index is 2.28. The standard InChI is InChI=1S/C14H14BrNS/c1-9-6-13(15)14(16-8-9)17-12-5-4-10(2)11(3)7-12/h4-8H,1-3H3. The molecule has 0 bridgehead atoms. The molecule has 1 nitrogen and oxygen atoms in total. The average molecular weight is 308 g/mol. The first-order valence-corrected chi connectivity index (χ1v) is 7.04. The molecule has 1 heterocycles. The summed E-state index contributed by atoms with van der Waals surface area (Å²) in [4.78, 5) is 5.67. The maximum absolute atomic E-state index is 4.44. The van der Waals surface area contributed by atoms with Crippen LogP contribution in [0.5, 0.6) is 0 Å². The number of aromatic nitrogens is 1. The fourth-order valence-corrected chi connectivity index (χ4v) is 3.05. The van der Waals surface area contributed by atoms with Crippen LogP contribution >= 0.6 is 27.7 Å².